The maximum absolute atomic E-state index is 5.69. The van der Waals surface area contributed by atoms with Gasteiger partial charge in [0.2, 0.25) is 0 Å². The Kier molecular flexibility index (Phi) is 4.79. The van der Waals surface area contributed by atoms with E-state index < -0.39 is 0 Å². The monoisotopic (exact) mass is 243 g/mol. The Bertz CT molecular complexity index is 231. The lowest BCUT2D eigenvalue weighted by Crippen LogP contribution is -2.62. The van der Waals surface area contributed by atoms with Crippen molar-refractivity contribution < 1.29 is 14.2 Å². The molecule has 1 saturated heterocycles. The van der Waals surface area contributed by atoms with Crippen LogP contribution in [0.1, 0.15) is 33.1 Å². The lowest BCUT2D eigenvalue weighted by molar-refractivity contribution is -0.135. The van der Waals surface area contributed by atoms with E-state index in [9.17, 15) is 0 Å². The van der Waals surface area contributed by atoms with Crippen molar-refractivity contribution in [3.63, 3.8) is 0 Å². The van der Waals surface area contributed by atoms with Crippen molar-refractivity contribution >= 4 is 0 Å². The van der Waals surface area contributed by atoms with Gasteiger partial charge in [-0.2, -0.15) is 0 Å². The fourth-order valence-corrected chi connectivity index (χ4v) is 2.88. The largest absolute Gasteiger partial charge is 0.377 e. The maximum Gasteiger partial charge on any atom is 0.0986 e. The number of hydrogen-bond donors (Lipinski definition) is 1. The molecule has 1 heterocycles. The molecule has 5 unspecified atom stereocenters. The van der Waals surface area contributed by atoms with E-state index in [1.807, 2.05) is 6.92 Å². The lowest BCUT2D eigenvalue weighted by atomic mass is 9.84. The molecule has 4 nitrogen and oxygen atoms in total. The van der Waals surface area contributed by atoms with Gasteiger partial charge in [-0.1, -0.05) is 0 Å². The molecule has 0 spiro atoms. The second-order valence-corrected chi connectivity index (χ2v) is 5.04. The Morgan fingerprint density at radius 1 is 1.47 bits per heavy atom. The predicted octanol–water partition coefficient (Wildman–Crippen LogP) is 1.34. The van der Waals surface area contributed by atoms with Crippen LogP contribution in [0, 0.1) is 0 Å². The summed E-state index contributed by atoms with van der Waals surface area (Å²) < 4.78 is 16.8. The summed E-state index contributed by atoms with van der Waals surface area (Å²) >= 11 is 0. The normalized spacial score (nSPS) is 39.0. The quantitative estimate of drug-likeness (QED) is 0.764. The van der Waals surface area contributed by atoms with Crippen LogP contribution < -0.4 is 5.32 Å². The SMILES string of the molecule is CCOC1CC(NC(C)C2CCCO2)C1OC. The van der Waals surface area contributed by atoms with Crippen LogP contribution in [0.25, 0.3) is 0 Å². The molecule has 1 saturated carbocycles. The van der Waals surface area contributed by atoms with Crippen LogP contribution >= 0.6 is 0 Å². The molecule has 2 rings (SSSR count). The summed E-state index contributed by atoms with van der Waals surface area (Å²) in [4.78, 5) is 0. The topological polar surface area (TPSA) is 39.7 Å². The van der Waals surface area contributed by atoms with Gasteiger partial charge < -0.3 is 19.5 Å². The molecule has 5 atom stereocenters. The predicted molar refractivity (Wildman–Crippen MR) is 66.2 cm³/mol. The van der Waals surface area contributed by atoms with Gasteiger partial charge in [-0.25, -0.2) is 0 Å². The van der Waals surface area contributed by atoms with Crippen LogP contribution in [0.15, 0.2) is 0 Å². The molecule has 0 aromatic rings. The van der Waals surface area contributed by atoms with E-state index in [1.165, 1.54) is 12.8 Å². The zero-order valence-corrected chi connectivity index (χ0v) is 11.1. The van der Waals surface area contributed by atoms with Crippen LogP contribution in [0.4, 0.5) is 0 Å². The molecule has 0 bridgehead atoms. The Morgan fingerprint density at radius 2 is 2.29 bits per heavy atom. The van der Waals surface area contributed by atoms with Crippen molar-refractivity contribution in [1.82, 2.24) is 5.32 Å². The Labute approximate surface area is 104 Å². The van der Waals surface area contributed by atoms with Gasteiger partial charge in [0.1, 0.15) is 0 Å². The Hall–Kier alpha value is -0.160. The third-order valence-corrected chi connectivity index (χ3v) is 3.90. The highest BCUT2D eigenvalue weighted by molar-refractivity contribution is 4.99. The molecule has 2 aliphatic rings. The lowest BCUT2D eigenvalue weighted by Gasteiger charge is -2.45. The van der Waals surface area contributed by atoms with E-state index >= 15 is 0 Å². The first-order chi connectivity index (χ1) is 8.26. The third-order valence-electron chi connectivity index (χ3n) is 3.90. The summed E-state index contributed by atoms with van der Waals surface area (Å²) in [6, 6.07) is 0.818. The van der Waals surface area contributed by atoms with Crippen LogP contribution in [0.5, 0.6) is 0 Å². The van der Waals surface area contributed by atoms with Crippen LogP contribution in [-0.2, 0) is 14.2 Å². The maximum atomic E-state index is 5.69. The van der Waals surface area contributed by atoms with E-state index in [1.54, 1.807) is 7.11 Å². The molecule has 100 valence electrons. The van der Waals surface area contributed by atoms with Gasteiger partial charge in [-0.3, -0.25) is 0 Å². The van der Waals surface area contributed by atoms with E-state index in [2.05, 4.69) is 12.2 Å². The van der Waals surface area contributed by atoms with E-state index in [0.717, 1.165) is 19.6 Å². The van der Waals surface area contributed by atoms with Gasteiger partial charge in [0.05, 0.1) is 18.3 Å². The molecule has 0 radical (unpaired) electrons. The van der Waals surface area contributed by atoms with Crippen molar-refractivity contribution in [3.8, 4) is 0 Å². The minimum Gasteiger partial charge on any atom is -0.377 e. The van der Waals surface area contributed by atoms with E-state index in [4.69, 9.17) is 14.2 Å². The first-order valence-electron chi connectivity index (χ1n) is 6.78. The van der Waals surface area contributed by atoms with E-state index in [0.29, 0.717) is 18.2 Å². The molecule has 0 amide bonds. The summed E-state index contributed by atoms with van der Waals surface area (Å²) in [6.07, 6.45) is 4.24. The first-order valence-corrected chi connectivity index (χ1v) is 6.78. The first kappa shape index (κ1) is 13.3. The molecule has 1 N–H and O–H groups in total. The van der Waals surface area contributed by atoms with Gasteiger partial charge >= 0.3 is 0 Å². The fraction of sp³-hybridized carbons (Fsp3) is 1.00. The number of hydrogen-bond acceptors (Lipinski definition) is 4. The average molecular weight is 243 g/mol. The van der Waals surface area contributed by atoms with Gasteiger partial charge in [0.15, 0.2) is 0 Å². The van der Waals surface area contributed by atoms with Crippen molar-refractivity contribution in [2.45, 2.75) is 63.5 Å². The van der Waals surface area contributed by atoms with Crippen molar-refractivity contribution in [1.29, 1.82) is 0 Å². The van der Waals surface area contributed by atoms with Crippen LogP contribution in [-0.4, -0.2) is 50.7 Å². The zero-order valence-electron chi connectivity index (χ0n) is 11.1. The highest BCUT2D eigenvalue weighted by atomic mass is 16.5. The number of methoxy groups -OCH3 is 1. The standard InChI is InChI=1S/C13H25NO3/c1-4-16-12-8-10(13(12)15-3)14-9(2)11-6-5-7-17-11/h9-14H,4-8H2,1-3H3. The molecule has 17 heavy (non-hydrogen) atoms. The highest BCUT2D eigenvalue weighted by Gasteiger charge is 2.43. The number of ether oxygens (including phenoxy) is 3. The van der Waals surface area contributed by atoms with Gasteiger partial charge in [-0.15, -0.1) is 0 Å². The summed E-state index contributed by atoms with van der Waals surface area (Å²) in [5.74, 6) is 0. The van der Waals surface area contributed by atoms with Gasteiger partial charge in [-0.05, 0) is 33.1 Å². The van der Waals surface area contributed by atoms with Crippen molar-refractivity contribution in [2.75, 3.05) is 20.3 Å². The summed E-state index contributed by atoms with van der Waals surface area (Å²) in [5.41, 5.74) is 0. The van der Waals surface area contributed by atoms with Crippen molar-refractivity contribution in [3.05, 3.63) is 0 Å². The average Bonchev–Trinajstić information content (AvgIpc) is 2.81. The molecule has 1 aliphatic heterocycles. The van der Waals surface area contributed by atoms with Gasteiger partial charge in [0, 0.05) is 32.4 Å². The smallest absolute Gasteiger partial charge is 0.0986 e. The zero-order chi connectivity index (χ0) is 12.3. The summed E-state index contributed by atoms with van der Waals surface area (Å²) in [6.45, 7) is 5.91. The number of nitrogens with one attached hydrogen (secondary N) is 1. The molecule has 4 heteroatoms. The molecule has 1 aliphatic carbocycles. The molecule has 2 fully saturated rings. The van der Waals surface area contributed by atoms with Gasteiger partial charge in [0.25, 0.3) is 0 Å². The summed E-state index contributed by atoms with van der Waals surface area (Å²) in [7, 11) is 1.77. The van der Waals surface area contributed by atoms with Crippen molar-refractivity contribution in [2.24, 2.45) is 0 Å². The third kappa shape index (κ3) is 2.99. The second-order valence-electron chi connectivity index (χ2n) is 5.04. The molecule has 0 aromatic carbocycles. The molecular weight excluding hydrogens is 218 g/mol. The highest BCUT2D eigenvalue weighted by Crippen LogP contribution is 2.28. The molecular formula is C13H25NO3. The minimum absolute atomic E-state index is 0.193. The second kappa shape index (κ2) is 6.14. The van der Waals surface area contributed by atoms with Crippen LogP contribution in [0.2, 0.25) is 0 Å². The Morgan fingerprint density at radius 3 is 2.88 bits per heavy atom. The number of rotatable bonds is 6. The minimum atomic E-state index is 0.193. The molecule has 0 aromatic heterocycles. The van der Waals surface area contributed by atoms with E-state index in [-0.39, 0.29) is 12.2 Å². The Balaban J connectivity index is 1.75. The fourth-order valence-electron chi connectivity index (χ4n) is 2.88. The van der Waals surface area contributed by atoms with Crippen LogP contribution in [0.3, 0.4) is 0 Å². The summed E-state index contributed by atoms with van der Waals surface area (Å²) in [5, 5.41) is 3.62.